The Hall–Kier alpha value is -1.16. The lowest BCUT2D eigenvalue weighted by Crippen LogP contribution is -2.49. The highest BCUT2D eigenvalue weighted by Crippen LogP contribution is 2.30. The van der Waals surface area contributed by atoms with Crippen molar-refractivity contribution in [3.8, 4) is 5.75 Å². The lowest BCUT2D eigenvalue weighted by molar-refractivity contribution is -0.139. The highest BCUT2D eigenvalue weighted by atomic mass is 32.2. The number of hydrogen-bond donors (Lipinski definition) is 1. The zero-order valence-electron chi connectivity index (χ0n) is 13.8. The second kappa shape index (κ2) is 7.40. The number of nitrogens with zero attached hydrogens (tertiary/aromatic N) is 1. The van der Waals surface area contributed by atoms with Gasteiger partial charge in [0.25, 0.3) is 0 Å². The number of benzene rings is 1. The van der Waals surface area contributed by atoms with Crippen LogP contribution in [0, 0.1) is 5.92 Å². The summed E-state index contributed by atoms with van der Waals surface area (Å²) in [7, 11) is 1.94. The van der Waals surface area contributed by atoms with E-state index in [-0.39, 0.29) is 17.2 Å². The van der Waals surface area contributed by atoms with Crippen LogP contribution in [0.4, 0.5) is 0 Å². The van der Waals surface area contributed by atoms with E-state index in [1.165, 1.54) is 19.3 Å². The van der Waals surface area contributed by atoms with Crippen molar-refractivity contribution in [2.45, 2.75) is 56.4 Å². The molecule has 0 bridgehead atoms. The van der Waals surface area contributed by atoms with Crippen LogP contribution >= 0.6 is 11.8 Å². The third-order valence-electron chi connectivity index (χ3n) is 4.62. The quantitative estimate of drug-likeness (QED) is 0.822. The van der Waals surface area contributed by atoms with Crippen LogP contribution in [0.1, 0.15) is 46.0 Å². The highest BCUT2D eigenvalue weighted by Gasteiger charge is 2.32. The first-order valence-corrected chi connectivity index (χ1v) is 9.08. The topological polar surface area (TPSA) is 40.5 Å². The SMILES string of the molecule is CN(C(=O)C1CCCCC1)C(C)(C)CSc1ccc(O)cc1. The molecule has 0 radical (unpaired) electrons. The van der Waals surface area contributed by atoms with Crippen LogP contribution in [0.2, 0.25) is 0 Å². The van der Waals surface area contributed by atoms with E-state index in [0.29, 0.717) is 5.91 Å². The molecule has 0 aliphatic heterocycles. The number of phenolic OH excluding ortho intramolecular Hbond substituents is 1. The van der Waals surface area contributed by atoms with E-state index in [9.17, 15) is 9.90 Å². The van der Waals surface area contributed by atoms with Crippen molar-refractivity contribution in [1.82, 2.24) is 4.90 Å². The molecule has 0 unspecified atom stereocenters. The first-order chi connectivity index (χ1) is 10.4. The second-order valence-electron chi connectivity index (χ2n) is 6.83. The molecule has 1 aliphatic carbocycles. The molecule has 0 aromatic heterocycles. The maximum atomic E-state index is 12.7. The molecule has 3 nitrogen and oxygen atoms in total. The molecular formula is C18H27NO2S. The van der Waals surface area contributed by atoms with Crippen LogP contribution in [0.15, 0.2) is 29.2 Å². The van der Waals surface area contributed by atoms with E-state index in [1.807, 2.05) is 24.1 Å². The molecule has 2 rings (SSSR count). The van der Waals surface area contributed by atoms with Gasteiger partial charge >= 0.3 is 0 Å². The molecule has 1 aliphatic rings. The normalized spacial score (nSPS) is 16.5. The van der Waals surface area contributed by atoms with E-state index in [0.717, 1.165) is 23.5 Å². The lowest BCUT2D eigenvalue weighted by atomic mass is 9.87. The van der Waals surface area contributed by atoms with Crippen LogP contribution in [0.25, 0.3) is 0 Å². The van der Waals surface area contributed by atoms with Crippen molar-refractivity contribution in [3.05, 3.63) is 24.3 Å². The van der Waals surface area contributed by atoms with Gasteiger partial charge in [-0.05, 0) is 51.0 Å². The third kappa shape index (κ3) is 4.42. The van der Waals surface area contributed by atoms with E-state index in [4.69, 9.17) is 0 Å². The van der Waals surface area contributed by atoms with Crippen molar-refractivity contribution in [1.29, 1.82) is 0 Å². The summed E-state index contributed by atoms with van der Waals surface area (Å²) in [5, 5.41) is 9.33. The Kier molecular flexibility index (Phi) is 5.79. The van der Waals surface area contributed by atoms with Gasteiger partial charge in [-0.25, -0.2) is 0 Å². The molecule has 4 heteroatoms. The minimum Gasteiger partial charge on any atom is -0.508 e. The molecule has 1 saturated carbocycles. The summed E-state index contributed by atoms with van der Waals surface area (Å²) in [4.78, 5) is 15.7. The Balaban J connectivity index is 1.92. The fourth-order valence-electron chi connectivity index (χ4n) is 2.82. The van der Waals surface area contributed by atoms with Gasteiger partial charge in [0.05, 0.1) is 0 Å². The van der Waals surface area contributed by atoms with Crippen molar-refractivity contribution in [2.75, 3.05) is 12.8 Å². The maximum Gasteiger partial charge on any atom is 0.225 e. The van der Waals surface area contributed by atoms with E-state index < -0.39 is 0 Å². The molecule has 1 fully saturated rings. The van der Waals surface area contributed by atoms with Crippen molar-refractivity contribution in [2.24, 2.45) is 5.92 Å². The van der Waals surface area contributed by atoms with E-state index >= 15 is 0 Å². The Labute approximate surface area is 138 Å². The van der Waals surface area contributed by atoms with Crippen molar-refractivity contribution in [3.63, 3.8) is 0 Å². The summed E-state index contributed by atoms with van der Waals surface area (Å²) < 4.78 is 0. The fraction of sp³-hybridized carbons (Fsp3) is 0.611. The molecule has 0 heterocycles. The van der Waals surface area contributed by atoms with Crippen LogP contribution < -0.4 is 0 Å². The fourth-order valence-corrected chi connectivity index (χ4v) is 3.86. The molecule has 22 heavy (non-hydrogen) atoms. The summed E-state index contributed by atoms with van der Waals surface area (Å²) in [6.07, 6.45) is 5.74. The predicted molar refractivity (Wildman–Crippen MR) is 92.3 cm³/mol. The summed E-state index contributed by atoms with van der Waals surface area (Å²) >= 11 is 1.72. The Morgan fingerprint density at radius 2 is 1.82 bits per heavy atom. The number of carbonyl (C=O) groups excluding carboxylic acids is 1. The maximum absolute atomic E-state index is 12.7. The van der Waals surface area contributed by atoms with Crippen molar-refractivity contribution >= 4 is 17.7 Å². The van der Waals surface area contributed by atoms with E-state index in [1.54, 1.807) is 23.9 Å². The monoisotopic (exact) mass is 321 g/mol. The van der Waals surface area contributed by atoms with Gasteiger partial charge in [-0.2, -0.15) is 0 Å². The summed E-state index contributed by atoms with van der Waals surface area (Å²) in [6.45, 7) is 4.25. The molecule has 0 atom stereocenters. The molecule has 0 saturated heterocycles. The first-order valence-electron chi connectivity index (χ1n) is 8.10. The number of amides is 1. The van der Waals surface area contributed by atoms with Gasteiger partial charge < -0.3 is 10.0 Å². The standard InChI is InChI=1S/C18H27NO2S/c1-18(2,13-22-16-11-9-15(20)10-12-16)19(3)17(21)14-7-5-4-6-8-14/h9-12,14,20H,4-8,13H2,1-3H3. The van der Waals surface area contributed by atoms with Gasteiger partial charge in [0, 0.05) is 29.2 Å². The largest absolute Gasteiger partial charge is 0.508 e. The van der Waals surface area contributed by atoms with Gasteiger partial charge in [0.2, 0.25) is 5.91 Å². The van der Waals surface area contributed by atoms with Gasteiger partial charge in [0.15, 0.2) is 0 Å². The third-order valence-corrected chi connectivity index (χ3v) is 6.08. The van der Waals surface area contributed by atoms with Crippen LogP contribution in [0.5, 0.6) is 5.75 Å². The predicted octanol–water partition coefficient (Wildman–Crippen LogP) is 4.30. The molecule has 1 N–H and O–H groups in total. The van der Waals surface area contributed by atoms with Crippen LogP contribution in [-0.4, -0.2) is 34.3 Å². The zero-order valence-corrected chi connectivity index (χ0v) is 14.7. The first kappa shape index (κ1) is 17.2. The van der Waals surface area contributed by atoms with Gasteiger partial charge in [0.1, 0.15) is 5.75 Å². The molecule has 122 valence electrons. The number of aromatic hydroxyl groups is 1. The Morgan fingerprint density at radius 3 is 2.41 bits per heavy atom. The highest BCUT2D eigenvalue weighted by molar-refractivity contribution is 7.99. The zero-order chi connectivity index (χ0) is 16.2. The lowest BCUT2D eigenvalue weighted by Gasteiger charge is -2.38. The average Bonchev–Trinajstić information content (AvgIpc) is 2.54. The van der Waals surface area contributed by atoms with Crippen LogP contribution in [0.3, 0.4) is 0 Å². The van der Waals surface area contributed by atoms with Crippen molar-refractivity contribution < 1.29 is 9.90 Å². The molecule has 1 aromatic rings. The van der Waals surface area contributed by atoms with Gasteiger partial charge in [-0.3, -0.25) is 4.79 Å². The minimum atomic E-state index is -0.183. The number of carbonyl (C=O) groups is 1. The number of rotatable bonds is 5. The summed E-state index contributed by atoms with van der Waals surface area (Å²) in [5.74, 6) is 1.65. The Morgan fingerprint density at radius 1 is 1.23 bits per heavy atom. The molecule has 0 spiro atoms. The number of thioether (sulfide) groups is 1. The van der Waals surface area contributed by atoms with Crippen LogP contribution in [-0.2, 0) is 4.79 Å². The summed E-state index contributed by atoms with van der Waals surface area (Å²) in [5.41, 5.74) is -0.183. The summed E-state index contributed by atoms with van der Waals surface area (Å²) in [6, 6.07) is 7.23. The number of hydrogen-bond acceptors (Lipinski definition) is 3. The van der Waals surface area contributed by atoms with E-state index in [2.05, 4.69) is 13.8 Å². The Bertz CT molecular complexity index is 492. The molecular weight excluding hydrogens is 294 g/mol. The second-order valence-corrected chi connectivity index (χ2v) is 7.88. The van der Waals surface area contributed by atoms with Gasteiger partial charge in [-0.15, -0.1) is 11.8 Å². The molecule has 1 aromatic carbocycles. The average molecular weight is 321 g/mol. The number of phenols is 1. The molecule has 1 amide bonds. The minimum absolute atomic E-state index is 0.183. The van der Waals surface area contributed by atoms with Gasteiger partial charge in [-0.1, -0.05) is 19.3 Å². The smallest absolute Gasteiger partial charge is 0.225 e.